The highest BCUT2D eigenvalue weighted by Crippen LogP contribution is 2.18. The van der Waals surface area contributed by atoms with E-state index in [-0.39, 0.29) is 6.54 Å². The smallest absolute Gasteiger partial charge is 0.237 e. The van der Waals surface area contributed by atoms with Gasteiger partial charge in [-0.3, -0.25) is 10.1 Å². The molecule has 1 aliphatic heterocycles. The maximum absolute atomic E-state index is 11.3. The van der Waals surface area contributed by atoms with Gasteiger partial charge in [-0.1, -0.05) is 0 Å². The Bertz CT molecular complexity index is 384. The van der Waals surface area contributed by atoms with Crippen LogP contribution in [-0.2, 0) is 14.8 Å². The van der Waals surface area contributed by atoms with E-state index < -0.39 is 21.8 Å². The minimum Gasteiger partial charge on any atom is -0.274 e. The van der Waals surface area contributed by atoms with E-state index >= 15 is 0 Å². The lowest BCUT2D eigenvalue weighted by atomic mass is 9.99. The van der Waals surface area contributed by atoms with Gasteiger partial charge >= 0.3 is 0 Å². The molecule has 0 aromatic carbocycles. The molecule has 0 saturated carbocycles. The largest absolute Gasteiger partial charge is 0.274 e. The average molecular weight is 231 g/mol. The minimum absolute atomic E-state index is 0.173. The van der Waals surface area contributed by atoms with Gasteiger partial charge in [0.25, 0.3) is 0 Å². The molecule has 0 aromatic heterocycles. The van der Waals surface area contributed by atoms with Crippen molar-refractivity contribution in [3.8, 4) is 6.19 Å². The number of rotatable bonds is 2. The van der Waals surface area contributed by atoms with E-state index in [1.165, 1.54) is 4.31 Å². The Balaban J connectivity index is 2.65. The quantitative estimate of drug-likeness (QED) is 0.500. The Morgan fingerprint density at radius 2 is 2.27 bits per heavy atom. The molecule has 1 heterocycles. The zero-order valence-electron chi connectivity index (χ0n) is 8.43. The Hall–Kier alpha value is -1.13. The first-order chi connectivity index (χ1) is 6.95. The number of nitriles is 1. The molecule has 1 unspecified atom stereocenters. The molecule has 7 heteroatoms. The van der Waals surface area contributed by atoms with Crippen molar-refractivity contribution >= 4 is 15.9 Å². The first kappa shape index (κ1) is 11.9. The maximum atomic E-state index is 11.3. The number of carbonyl (C=O) groups is 1. The molecule has 1 amide bonds. The van der Waals surface area contributed by atoms with E-state index in [0.29, 0.717) is 19.4 Å². The SMILES string of the molecule is CS(=O)(=O)N1CCCC(C(=O)NC#N)C1. The van der Waals surface area contributed by atoms with Gasteiger partial charge in [0.2, 0.25) is 15.9 Å². The fourth-order valence-electron chi connectivity index (χ4n) is 1.61. The highest BCUT2D eigenvalue weighted by atomic mass is 32.2. The monoisotopic (exact) mass is 231 g/mol. The van der Waals surface area contributed by atoms with Crippen LogP contribution in [0.4, 0.5) is 0 Å². The van der Waals surface area contributed by atoms with Crippen molar-refractivity contribution in [1.82, 2.24) is 9.62 Å². The molecule has 0 bridgehead atoms. The molecular weight excluding hydrogens is 218 g/mol. The second kappa shape index (κ2) is 4.59. The van der Waals surface area contributed by atoms with E-state index in [1.807, 2.05) is 5.32 Å². The third-order valence-electron chi connectivity index (χ3n) is 2.40. The van der Waals surface area contributed by atoms with E-state index in [9.17, 15) is 13.2 Å². The van der Waals surface area contributed by atoms with Crippen molar-refractivity contribution in [2.24, 2.45) is 5.92 Å². The average Bonchev–Trinajstić information content (AvgIpc) is 2.17. The van der Waals surface area contributed by atoms with E-state index in [2.05, 4.69) is 0 Å². The van der Waals surface area contributed by atoms with Crippen molar-refractivity contribution in [2.45, 2.75) is 12.8 Å². The summed E-state index contributed by atoms with van der Waals surface area (Å²) in [6.45, 7) is 0.627. The number of carbonyl (C=O) groups excluding carboxylic acids is 1. The molecule has 0 aliphatic carbocycles. The molecule has 1 fully saturated rings. The van der Waals surface area contributed by atoms with Gasteiger partial charge < -0.3 is 0 Å². The van der Waals surface area contributed by atoms with Crippen LogP contribution in [0.15, 0.2) is 0 Å². The molecule has 1 rings (SSSR count). The van der Waals surface area contributed by atoms with Crippen LogP contribution in [0.3, 0.4) is 0 Å². The topological polar surface area (TPSA) is 90.3 Å². The summed E-state index contributed by atoms with van der Waals surface area (Å²) in [5, 5.41) is 10.3. The minimum atomic E-state index is -3.24. The van der Waals surface area contributed by atoms with Crippen LogP contribution in [0.2, 0.25) is 0 Å². The summed E-state index contributed by atoms with van der Waals surface area (Å²) >= 11 is 0. The van der Waals surface area contributed by atoms with E-state index in [1.54, 1.807) is 6.19 Å². The van der Waals surface area contributed by atoms with Gasteiger partial charge in [0.15, 0.2) is 6.19 Å². The van der Waals surface area contributed by atoms with E-state index in [4.69, 9.17) is 5.26 Å². The molecule has 1 atom stereocenters. The molecule has 84 valence electrons. The van der Waals surface area contributed by atoms with Gasteiger partial charge in [0, 0.05) is 13.1 Å². The first-order valence-corrected chi connectivity index (χ1v) is 6.44. The zero-order chi connectivity index (χ0) is 11.5. The van der Waals surface area contributed by atoms with Crippen molar-refractivity contribution in [3.63, 3.8) is 0 Å². The molecule has 0 radical (unpaired) electrons. The summed E-state index contributed by atoms with van der Waals surface area (Å²) < 4.78 is 23.8. The third kappa shape index (κ3) is 3.18. The lowest BCUT2D eigenvalue weighted by Crippen LogP contribution is -2.44. The van der Waals surface area contributed by atoms with Gasteiger partial charge in [-0.25, -0.2) is 12.7 Å². The normalized spacial score (nSPS) is 23.1. The molecular formula is C8H13N3O3S. The Morgan fingerprint density at radius 1 is 1.60 bits per heavy atom. The number of nitrogens with zero attached hydrogens (tertiary/aromatic N) is 2. The fourth-order valence-corrected chi connectivity index (χ4v) is 2.53. The molecule has 0 aromatic rings. The number of hydrogen-bond acceptors (Lipinski definition) is 4. The first-order valence-electron chi connectivity index (χ1n) is 4.59. The predicted octanol–water partition coefficient (Wildman–Crippen LogP) is -0.745. The standard InChI is InChI=1S/C8H13N3O3S/c1-15(13,14)11-4-2-3-7(5-11)8(12)10-6-9/h7H,2-5H2,1H3,(H,10,12). The number of amides is 1. The van der Waals surface area contributed by atoms with Gasteiger partial charge in [-0.05, 0) is 12.8 Å². The van der Waals surface area contributed by atoms with E-state index in [0.717, 1.165) is 6.26 Å². The van der Waals surface area contributed by atoms with Crippen LogP contribution < -0.4 is 5.32 Å². The van der Waals surface area contributed by atoms with Gasteiger partial charge in [-0.15, -0.1) is 0 Å². The van der Waals surface area contributed by atoms with Gasteiger partial charge in [0.1, 0.15) is 0 Å². The summed E-state index contributed by atoms with van der Waals surface area (Å²) in [6, 6.07) is 0. The van der Waals surface area contributed by atoms with Gasteiger partial charge in [0.05, 0.1) is 12.2 Å². The maximum Gasteiger partial charge on any atom is 0.237 e. The Kier molecular flexibility index (Phi) is 3.66. The van der Waals surface area contributed by atoms with Crippen LogP contribution >= 0.6 is 0 Å². The number of piperidine rings is 1. The summed E-state index contributed by atoms with van der Waals surface area (Å²) in [7, 11) is -3.24. The van der Waals surface area contributed by atoms with Gasteiger partial charge in [-0.2, -0.15) is 5.26 Å². The zero-order valence-corrected chi connectivity index (χ0v) is 9.25. The van der Waals surface area contributed by atoms with Crippen molar-refractivity contribution < 1.29 is 13.2 Å². The number of hydrogen-bond donors (Lipinski definition) is 1. The summed E-state index contributed by atoms with van der Waals surface area (Å²) in [5.41, 5.74) is 0. The second-order valence-corrected chi connectivity index (χ2v) is 5.54. The van der Waals surface area contributed by atoms with Crippen LogP contribution in [0, 0.1) is 17.4 Å². The third-order valence-corrected chi connectivity index (χ3v) is 3.67. The number of sulfonamides is 1. The lowest BCUT2D eigenvalue weighted by Gasteiger charge is -2.29. The van der Waals surface area contributed by atoms with Crippen LogP contribution in [0.1, 0.15) is 12.8 Å². The van der Waals surface area contributed by atoms with Crippen molar-refractivity contribution in [1.29, 1.82) is 5.26 Å². The highest BCUT2D eigenvalue weighted by Gasteiger charge is 2.29. The molecule has 1 N–H and O–H groups in total. The second-order valence-electron chi connectivity index (χ2n) is 3.56. The lowest BCUT2D eigenvalue weighted by molar-refractivity contribution is -0.124. The van der Waals surface area contributed by atoms with Crippen LogP contribution in [-0.4, -0.2) is 38.0 Å². The van der Waals surface area contributed by atoms with Crippen molar-refractivity contribution in [2.75, 3.05) is 19.3 Å². The van der Waals surface area contributed by atoms with Crippen molar-refractivity contribution in [3.05, 3.63) is 0 Å². The Labute approximate surface area is 88.9 Å². The molecule has 6 nitrogen and oxygen atoms in total. The Morgan fingerprint density at radius 3 is 2.80 bits per heavy atom. The predicted molar refractivity (Wildman–Crippen MR) is 52.9 cm³/mol. The highest BCUT2D eigenvalue weighted by molar-refractivity contribution is 7.88. The summed E-state index contributed by atoms with van der Waals surface area (Å²) in [6.07, 6.45) is 3.95. The molecule has 15 heavy (non-hydrogen) atoms. The van der Waals surface area contributed by atoms with Crippen LogP contribution in [0.25, 0.3) is 0 Å². The molecule has 0 spiro atoms. The summed E-state index contributed by atoms with van der Waals surface area (Å²) in [5.74, 6) is -0.807. The molecule has 1 aliphatic rings. The fraction of sp³-hybridized carbons (Fsp3) is 0.750. The number of nitrogens with one attached hydrogen (secondary N) is 1. The summed E-state index contributed by atoms with van der Waals surface area (Å²) in [4.78, 5) is 11.3. The van der Waals surface area contributed by atoms with Crippen LogP contribution in [0.5, 0.6) is 0 Å². The molecule has 1 saturated heterocycles.